The van der Waals surface area contributed by atoms with E-state index in [1.165, 1.54) is 103 Å². The molecule has 3 rings (SSSR count). The number of nitrogens with zero attached hydrogens (tertiary/aromatic N) is 1. The van der Waals surface area contributed by atoms with Crippen LogP contribution < -0.4 is 14.4 Å². The third-order valence-corrected chi connectivity index (χ3v) is 8.05. The van der Waals surface area contributed by atoms with E-state index in [0.717, 1.165) is 24.2 Å². The molecule has 1 fully saturated rings. The summed E-state index contributed by atoms with van der Waals surface area (Å²) in [7, 11) is 2.89. The van der Waals surface area contributed by atoms with Gasteiger partial charge in [-0.05, 0) is 36.8 Å². The Hall–Kier alpha value is -3.26. The van der Waals surface area contributed by atoms with Crippen molar-refractivity contribution < 1.29 is 33.3 Å². The van der Waals surface area contributed by atoms with Crippen LogP contribution in [-0.4, -0.2) is 38.8 Å². The maximum absolute atomic E-state index is 13.4. The van der Waals surface area contributed by atoms with Crippen molar-refractivity contribution in [3.63, 3.8) is 0 Å². The molecule has 8 nitrogen and oxygen atoms in total. The molecule has 236 valence electrons. The Labute approximate surface area is 261 Å². The Bertz CT molecular complexity index is 1180. The normalized spacial score (nSPS) is 14.6. The number of ether oxygens (including phenoxy) is 4. The highest BCUT2D eigenvalue weighted by Crippen LogP contribution is 2.42. The highest BCUT2D eigenvalue weighted by Gasteiger charge is 2.46. The lowest BCUT2D eigenvalue weighted by Crippen LogP contribution is -2.30. The average molecular weight is 616 g/mol. The number of hydrogen-bond donors (Lipinski definition) is 0. The number of anilines is 1. The van der Waals surface area contributed by atoms with Crippen molar-refractivity contribution in [2.45, 2.75) is 103 Å². The molecule has 0 bridgehead atoms. The van der Waals surface area contributed by atoms with E-state index in [0.29, 0.717) is 18.1 Å². The summed E-state index contributed by atoms with van der Waals surface area (Å²) in [6.07, 6.45) is 15.3. The minimum absolute atomic E-state index is 0.0407. The van der Waals surface area contributed by atoms with Gasteiger partial charge in [0, 0.05) is 0 Å². The highest BCUT2D eigenvalue weighted by molar-refractivity contribution is 6.35. The van der Waals surface area contributed by atoms with Crippen molar-refractivity contribution in [2.24, 2.45) is 0 Å². The number of amides is 2. The fraction of sp³-hybridized carbons (Fsp3) is 0.559. The monoisotopic (exact) mass is 615 g/mol. The number of halogens is 1. The molecule has 1 aliphatic rings. The summed E-state index contributed by atoms with van der Waals surface area (Å²) in [5, 5.41) is 0.112. The molecule has 2 aromatic rings. The van der Waals surface area contributed by atoms with Crippen LogP contribution in [-0.2, 0) is 14.3 Å². The number of carbonyl (C=O) groups is 3. The first-order chi connectivity index (χ1) is 20.9. The van der Waals surface area contributed by atoms with Crippen molar-refractivity contribution in [2.75, 3.05) is 25.7 Å². The van der Waals surface area contributed by atoms with Crippen LogP contribution in [0.1, 0.15) is 119 Å². The Kier molecular flexibility index (Phi) is 14.7. The zero-order valence-electron chi connectivity index (χ0n) is 25.8. The minimum Gasteiger partial charge on any atom is -0.496 e. The lowest BCUT2D eigenvalue weighted by molar-refractivity contribution is -0.122. The second-order valence-corrected chi connectivity index (χ2v) is 11.3. The lowest BCUT2D eigenvalue weighted by Gasteiger charge is -2.17. The first kappa shape index (κ1) is 34.2. The van der Waals surface area contributed by atoms with Crippen molar-refractivity contribution >= 4 is 35.3 Å². The highest BCUT2D eigenvalue weighted by atomic mass is 35.5. The molecule has 1 aliphatic heterocycles. The average Bonchev–Trinajstić information content (AvgIpc) is 3.31. The van der Waals surface area contributed by atoms with E-state index in [4.69, 9.17) is 30.5 Å². The van der Waals surface area contributed by atoms with Gasteiger partial charge in [-0.2, -0.15) is 0 Å². The van der Waals surface area contributed by atoms with Gasteiger partial charge in [-0.1, -0.05) is 108 Å². The van der Waals surface area contributed by atoms with Gasteiger partial charge in [0.05, 0.1) is 42.7 Å². The number of carbonyl (C=O) groups excluding carboxylic acids is 3. The number of benzene rings is 2. The van der Waals surface area contributed by atoms with Crippen LogP contribution in [0.25, 0.3) is 0 Å². The van der Waals surface area contributed by atoms with E-state index in [9.17, 15) is 14.4 Å². The molecule has 2 amide bonds. The smallest absolute Gasteiger partial charge is 0.422 e. The summed E-state index contributed by atoms with van der Waals surface area (Å²) >= 11 is 6.37. The van der Waals surface area contributed by atoms with Gasteiger partial charge in [0.1, 0.15) is 11.5 Å². The molecule has 0 aromatic heterocycles. The second-order valence-electron chi connectivity index (χ2n) is 10.9. The maximum Gasteiger partial charge on any atom is 0.422 e. The number of esters is 1. The fourth-order valence-corrected chi connectivity index (χ4v) is 5.51. The molecule has 9 heteroatoms. The summed E-state index contributed by atoms with van der Waals surface area (Å²) in [6.45, 7) is 2.55. The summed E-state index contributed by atoms with van der Waals surface area (Å²) in [6, 6.07) is 9.32. The topological polar surface area (TPSA) is 91.4 Å². The largest absolute Gasteiger partial charge is 0.496 e. The Morgan fingerprint density at radius 2 is 1.35 bits per heavy atom. The van der Waals surface area contributed by atoms with E-state index in [2.05, 4.69) is 6.92 Å². The third kappa shape index (κ3) is 9.88. The number of hydrogen-bond acceptors (Lipinski definition) is 7. The number of unbranched alkanes of at least 4 members (excludes halogenated alkanes) is 13. The minimum atomic E-state index is -1.30. The SMILES string of the molecule is CCCCCCCCCCCCCCCCOC(=O)c1ccc(Cl)c(N2C(=O)OC(c3c(OC)cccc3OC)C2=O)c1. The Morgan fingerprint density at radius 3 is 1.88 bits per heavy atom. The molecule has 1 atom stereocenters. The van der Waals surface area contributed by atoms with Gasteiger partial charge >= 0.3 is 12.1 Å². The van der Waals surface area contributed by atoms with E-state index in [-0.39, 0.29) is 21.8 Å². The Balaban J connectivity index is 1.43. The molecule has 0 saturated carbocycles. The molecule has 43 heavy (non-hydrogen) atoms. The quantitative estimate of drug-likeness (QED) is 0.108. The van der Waals surface area contributed by atoms with Crippen LogP contribution in [0.3, 0.4) is 0 Å². The standard InChI is InChI=1S/C34H46ClNO7/c1-4-5-6-7-8-9-10-11-12-13-14-15-16-17-23-42-33(38)25-21-22-26(35)27(24-25)36-32(37)31(43-34(36)39)30-28(40-2)19-18-20-29(30)41-3/h18-22,24,31H,4-17,23H2,1-3H3. The third-order valence-electron chi connectivity index (χ3n) is 7.73. The maximum atomic E-state index is 13.4. The van der Waals surface area contributed by atoms with Crippen molar-refractivity contribution in [1.29, 1.82) is 0 Å². The van der Waals surface area contributed by atoms with Crippen molar-refractivity contribution in [3.8, 4) is 11.5 Å². The zero-order valence-corrected chi connectivity index (χ0v) is 26.6. The number of imide groups is 1. The first-order valence-electron chi connectivity index (χ1n) is 15.6. The molecule has 2 aromatic carbocycles. The van der Waals surface area contributed by atoms with Gasteiger partial charge in [0.25, 0.3) is 5.91 Å². The number of rotatable bonds is 20. The van der Waals surface area contributed by atoms with Gasteiger partial charge in [-0.25, -0.2) is 14.5 Å². The molecule has 0 aliphatic carbocycles. The van der Waals surface area contributed by atoms with Crippen LogP contribution >= 0.6 is 11.6 Å². The predicted octanol–water partition coefficient (Wildman–Crippen LogP) is 9.22. The summed E-state index contributed by atoms with van der Waals surface area (Å²) in [5.74, 6) is -0.559. The van der Waals surface area contributed by atoms with Crippen LogP contribution in [0.2, 0.25) is 5.02 Å². The first-order valence-corrected chi connectivity index (χ1v) is 16.0. The molecule has 0 spiro atoms. The number of cyclic esters (lactones) is 1. The molecule has 0 radical (unpaired) electrons. The van der Waals surface area contributed by atoms with Crippen LogP contribution in [0, 0.1) is 0 Å². The van der Waals surface area contributed by atoms with E-state index in [1.807, 2.05) is 0 Å². The lowest BCUT2D eigenvalue weighted by atomic mass is 10.0. The van der Waals surface area contributed by atoms with Gasteiger partial charge in [0.2, 0.25) is 6.10 Å². The van der Waals surface area contributed by atoms with E-state index < -0.39 is 24.1 Å². The molecule has 1 saturated heterocycles. The molecular weight excluding hydrogens is 570 g/mol. The van der Waals surface area contributed by atoms with Crippen molar-refractivity contribution in [1.82, 2.24) is 0 Å². The van der Waals surface area contributed by atoms with Crippen LogP contribution in [0.5, 0.6) is 11.5 Å². The summed E-state index contributed by atoms with van der Waals surface area (Å²) < 4.78 is 21.6. The summed E-state index contributed by atoms with van der Waals surface area (Å²) in [5.41, 5.74) is 0.510. The molecule has 1 heterocycles. The van der Waals surface area contributed by atoms with E-state index >= 15 is 0 Å². The molecule has 1 unspecified atom stereocenters. The predicted molar refractivity (Wildman–Crippen MR) is 168 cm³/mol. The van der Waals surface area contributed by atoms with Gasteiger partial charge in [-0.15, -0.1) is 0 Å². The van der Waals surface area contributed by atoms with Crippen LogP contribution in [0.15, 0.2) is 36.4 Å². The van der Waals surface area contributed by atoms with Gasteiger partial charge in [0.15, 0.2) is 0 Å². The second kappa shape index (κ2) is 18.4. The van der Waals surface area contributed by atoms with Gasteiger partial charge < -0.3 is 18.9 Å². The van der Waals surface area contributed by atoms with Gasteiger partial charge in [-0.3, -0.25) is 4.79 Å². The van der Waals surface area contributed by atoms with E-state index in [1.54, 1.807) is 18.2 Å². The molecule has 0 N–H and O–H groups in total. The fourth-order valence-electron chi connectivity index (χ4n) is 5.30. The Morgan fingerprint density at radius 1 is 0.814 bits per heavy atom. The molecular formula is C34H46ClNO7. The zero-order chi connectivity index (χ0) is 31.0. The van der Waals surface area contributed by atoms with Crippen molar-refractivity contribution in [3.05, 3.63) is 52.5 Å². The van der Waals surface area contributed by atoms with Crippen LogP contribution in [0.4, 0.5) is 10.5 Å². The number of methoxy groups -OCH3 is 2. The summed E-state index contributed by atoms with van der Waals surface area (Å²) in [4.78, 5) is 39.8.